The van der Waals surface area contributed by atoms with Crippen molar-refractivity contribution in [2.75, 3.05) is 0 Å². The van der Waals surface area contributed by atoms with Gasteiger partial charge in [0.25, 0.3) is 5.56 Å². The Morgan fingerprint density at radius 1 is 1.22 bits per heavy atom. The summed E-state index contributed by atoms with van der Waals surface area (Å²) in [5.74, 6) is 0.615. The fourth-order valence-electron chi connectivity index (χ4n) is 2.62. The highest BCUT2D eigenvalue weighted by Gasteiger charge is 2.34. The molecule has 1 aromatic carbocycles. The van der Waals surface area contributed by atoms with Crippen LogP contribution in [0.2, 0.25) is 5.02 Å². The topological polar surface area (TPSA) is 83.8 Å². The smallest absolute Gasteiger partial charge is 0.381 e. The maximum absolute atomic E-state index is 12.8. The lowest BCUT2D eigenvalue weighted by molar-refractivity contribution is -0.137. The minimum absolute atomic E-state index is 0.0896. The monoisotopic (exact) mass is 398 g/mol. The summed E-state index contributed by atoms with van der Waals surface area (Å²) in [5.41, 5.74) is -2.64. The zero-order valence-electron chi connectivity index (χ0n) is 14.2. The number of nitrogens with zero attached hydrogens (tertiary/aromatic N) is 3. The van der Waals surface area contributed by atoms with E-state index in [-0.39, 0.29) is 27.5 Å². The first-order chi connectivity index (χ1) is 12.5. The van der Waals surface area contributed by atoms with Gasteiger partial charge in [-0.3, -0.25) is 4.79 Å². The van der Waals surface area contributed by atoms with E-state index in [1.165, 1.54) is 30.1 Å². The molecule has 0 saturated heterocycles. The summed E-state index contributed by atoms with van der Waals surface area (Å²) >= 11 is 5.99. The number of hydrogen-bond acceptors (Lipinski definition) is 4. The third-order valence-corrected chi connectivity index (χ3v) is 4.36. The molecule has 0 radical (unpaired) electrons. The second-order valence-electron chi connectivity index (χ2n) is 6.13. The molecule has 1 atom stereocenters. The zero-order valence-corrected chi connectivity index (χ0v) is 14.9. The van der Waals surface area contributed by atoms with Gasteiger partial charge in [-0.2, -0.15) is 18.3 Å². The molecule has 0 spiro atoms. The molecule has 3 rings (SSSR count). The molecule has 0 saturated carbocycles. The van der Waals surface area contributed by atoms with Crippen molar-refractivity contribution < 1.29 is 18.3 Å². The molecule has 27 heavy (non-hydrogen) atoms. The van der Waals surface area contributed by atoms with Gasteiger partial charge in [0.2, 0.25) is 0 Å². The van der Waals surface area contributed by atoms with Gasteiger partial charge < -0.3 is 10.1 Å². The third kappa shape index (κ3) is 3.74. The van der Waals surface area contributed by atoms with Crippen LogP contribution in [-0.4, -0.2) is 24.9 Å². The van der Waals surface area contributed by atoms with Crippen molar-refractivity contribution in [3.63, 3.8) is 0 Å². The molecule has 2 heterocycles. The van der Waals surface area contributed by atoms with Crippen molar-refractivity contribution in [1.29, 1.82) is 0 Å². The average molecular weight is 399 g/mol. The number of halogens is 4. The van der Waals surface area contributed by atoms with Crippen molar-refractivity contribution in [1.82, 2.24) is 19.7 Å². The van der Waals surface area contributed by atoms with Crippen molar-refractivity contribution in [2.24, 2.45) is 0 Å². The van der Waals surface area contributed by atoms with Crippen LogP contribution in [0.1, 0.15) is 29.4 Å². The Morgan fingerprint density at radius 3 is 2.52 bits per heavy atom. The maximum Gasteiger partial charge on any atom is 0.416 e. The predicted octanol–water partition coefficient (Wildman–Crippen LogP) is 3.19. The molecule has 0 amide bonds. The van der Waals surface area contributed by atoms with Crippen LogP contribution in [0.25, 0.3) is 5.82 Å². The van der Waals surface area contributed by atoms with E-state index in [1.54, 1.807) is 6.92 Å². The molecule has 0 aliphatic carbocycles. The Balaban J connectivity index is 2.01. The Hall–Kier alpha value is -2.65. The lowest BCUT2D eigenvalue weighted by Crippen LogP contribution is -2.23. The van der Waals surface area contributed by atoms with Crippen molar-refractivity contribution >= 4 is 11.6 Å². The van der Waals surface area contributed by atoms with Gasteiger partial charge in [0.1, 0.15) is 11.4 Å². The van der Waals surface area contributed by atoms with Crippen LogP contribution >= 0.6 is 11.6 Å². The highest BCUT2D eigenvalue weighted by molar-refractivity contribution is 6.31. The standard InChI is InChI=1S/C17H14ClF3N4O2/c1-9-23-14(6-15(26)24-9)25-8-11(7-22-25)16(2,27)12-4-3-10(5-13(12)18)17(19,20)21/h3-8,27H,1-2H3,(H,23,24,26)/t16-/m1/s1. The van der Waals surface area contributed by atoms with E-state index in [0.717, 1.165) is 18.2 Å². The Morgan fingerprint density at radius 2 is 1.93 bits per heavy atom. The first-order valence-corrected chi connectivity index (χ1v) is 8.09. The number of rotatable bonds is 3. The maximum atomic E-state index is 12.8. The number of aryl methyl sites for hydroxylation is 1. The highest BCUT2D eigenvalue weighted by Crippen LogP contribution is 2.38. The Labute approximate surface area is 156 Å². The van der Waals surface area contributed by atoms with Crippen LogP contribution in [-0.2, 0) is 11.8 Å². The second-order valence-corrected chi connectivity index (χ2v) is 6.53. The molecular weight excluding hydrogens is 385 g/mol. The first kappa shape index (κ1) is 19.1. The SMILES string of the molecule is Cc1nc(-n2cc([C@@](C)(O)c3ccc(C(F)(F)F)cc3Cl)cn2)cc(=O)[nH]1. The molecule has 6 nitrogen and oxygen atoms in total. The fourth-order valence-corrected chi connectivity index (χ4v) is 2.99. The van der Waals surface area contributed by atoms with Gasteiger partial charge in [-0.25, -0.2) is 9.67 Å². The van der Waals surface area contributed by atoms with Gasteiger partial charge in [-0.15, -0.1) is 0 Å². The van der Waals surface area contributed by atoms with E-state index in [2.05, 4.69) is 15.1 Å². The van der Waals surface area contributed by atoms with Crippen LogP contribution in [0.4, 0.5) is 13.2 Å². The zero-order chi connectivity index (χ0) is 20.0. The van der Waals surface area contributed by atoms with E-state index in [0.29, 0.717) is 5.82 Å². The van der Waals surface area contributed by atoms with E-state index in [1.807, 2.05) is 0 Å². The van der Waals surface area contributed by atoms with Crippen LogP contribution in [0.5, 0.6) is 0 Å². The molecule has 10 heteroatoms. The number of alkyl halides is 3. The number of benzene rings is 1. The molecule has 0 unspecified atom stereocenters. The van der Waals surface area contributed by atoms with Gasteiger partial charge >= 0.3 is 6.18 Å². The Bertz CT molecular complexity index is 1060. The van der Waals surface area contributed by atoms with Crippen molar-refractivity contribution in [3.8, 4) is 5.82 Å². The fraction of sp³-hybridized carbons (Fsp3) is 0.235. The minimum Gasteiger partial charge on any atom is -0.381 e. The summed E-state index contributed by atoms with van der Waals surface area (Å²) < 4.78 is 39.7. The van der Waals surface area contributed by atoms with Gasteiger partial charge in [0, 0.05) is 28.4 Å². The van der Waals surface area contributed by atoms with Crippen LogP contribution < -0.4 is 5.56 Å². The number of aromatic amines is 1. The molecule has 0 fully saturated rings. The molecule has 2 N–H and O–H groups in total. The molecule has 0 bridgehead atoms. The van der Waals surface area contributed by atoms with Crippen LogP contribution in [0.15, 0.2) is 41.5 Å². The van der Waals surface area contributed by atoms with Crippen LogP contribution in [0.3, 0.4) is 0 Å². The van der Waals surface area contributed by atoms with E-state index in [4.69, 9.17) is 11.6 Å². The minimum atomic E-state index is -4.54. The van der Waals surface area contributed by atoms with Gasteiger partial charge in [0.15, 0.2) is 5.82 Å². The molecular formula is C17H14ClF3N4O2. The van der Waals surface area contributed by atoms with Crippen LogP contribution in [0, 0.1) is 6.92 Å². The number of nitrogens with one attached hydrogen (secondary N) is 1. The molecule has 142 valence electrons. The molecule has 3 aromatic rings. The van der Waals surface area contributed by atoms with Gasteiger partial charge in [-0.1, -0.05) is 17.7 Å². The van der Waals surface area contributed by atoms with Gasteiger partial charge in [-0.05, 0) is 26.0 Å². The summed E-state index contributed by atoms with van der Waals surface area (Å²) in [7, 11) is 0. The summed E-state index contributed by atoms with van der Waals surface area (Å²) in [6.45, 7) is 2.99. The van der Waals surface area contributed by atoms with Gasteiger partial charge in [0.05, 0.1) is 11.8 Å². The Kier molecular flexibility index (Phi) is 4.61. The highest BCUT2D eigenvalue weighted by atomic mass is 35.5. The lowest BCUT2D eigenvalue weighted by Gasteiger charge is -2.24. The predicted molar refractivity (Wildman–Crippen MR) is 91.8 cm³/mol. The largest absolute Gasteiger partial charge is 0.416 e. The number of aliphatic hydroxyl groups is 1. The van der Waals surface area contributed by atoms with Crippen molar-refractivity contribution in [3.05, 3.63) is 74.6 Å². The quantitative estimate of drug-likeness (QED) is 0.709. The second kappa shape index (κ2) is 6.50. The summed E-state index contributed by atoms with van der Waals surface area (Å²) in [4.78, 5) is 18.2. The molecule has 2 aromatic heterocycles. The molecule has 0 aliphatic rings. The van der Waals surface area contributed by atoms with E-state index < -0.39 is 17.3 Å². The van der Waals surface area contributed by atoms with E-state index in [9.17, 15) is 23.1 Å². The summed E-state index contributed by atoms with van der Waals surface area (Å²) in [6.07, 6.45) is -1.79. The number of hydrogen-bond donors (Lipinski definition) is 2. The lowest BCUT2D eigenvalue weighted by atomic mass is 9.89. The third-order valence-electron chi connectivity index (χ3n) is 4.05. The summed E-state index contributed by atoms with van der Waals surface area (Å²) in [5, 5.41) is 14.7. The van der Waals surface area contributed by atoms with E-state index >= 15 is 0 Å². The number of H-pyrrole nitrogens is 1. The number of aromatic nitrogens is 4. The average Bonchev–Trinajstić information content (AvgIpc) is 3.03. The van der Waals surface area contributed by atoms with Crippen molar-refractivity contribution in [2.45, 2.75) is 25.6 Å². The molecule has 0 aliphatic heterocycles. The summed E-state index contributed by atoms with van der Waals surface area (Å²) in [6, 6.07) is 3.96. The normalized spacial score (nSPS) is 14.2. The first-order valence-electron chi connectivity index (χ1n) is 7.71.